The van der Waals surface area contributed by atoms with Crippen molar-refractivity contribution in [2.75, 3.05) is 29.6 Å². The maximum atomic E-state index is 12.2. The Morgan fingerprint density at radius 3 is 2.68 bits per heavy atom. The molecule has 0 bridgehead atoms. The van der Waals surface area contributed by atoms with E-state index in [-0.39, 0.29) is 18.4 Å². The van der Waals surface area contributed by atoms with Gasteiger partial charge in [0.2, 0.25) is 5.91 Å². The second-order valence-corrected chi connectivity index (χ2v) is 5.76. The number of amides is 1. The van der Waals surface area contributed by atoms with Crippen molar-refractivity contribution in [3.05, 3.63) is 29.8 Å². The molecule has 106 valence electrons. The standard InChI is InChI=1S/C15H23NO2S/c1-4-16(14-8-6-5-7-13(14)3)15(18)11-19-10-12(2)9-17/h5-8,12,17H,4,9-11H2,1-3H3. The average Bonchev–Trinajstić information content (AvgIpc) is 2.41. The first-order valence-electron chi connectivity index (χ1n) is 6.64. The molecule has 1 rings (SSSR count). The first kappa shape index (κ1) is 16.1. The summed E-state index contributed by atoms with van der Waals surface area (Å²) in [6.07, 6.45) is 0. The van der Waals surface area contributed by atoms with Crippen LogP contribution in [-0.4, -0.2) is 35.7 Å². The molecule has 0 aromatic heterocycles. The van der Waals surface area contributed by atoms with Crippen LogP contribution in [0.25, 0.3) is 0 Å². The molecule has 0 saturated heterocycles. The van der Waals surface area contributed by atoms with Crippen LogP contribution in [0.1, 0.15) is 19.4 Å². The maximum Gasteiger partial charge on any atom is 0.236 e. The third kappa shape index (κ3) is 4.88. The Hall–Kier alpha value is -1.00. The first-order valence-corrected chi connectivity index (χ1v) is 7.80. The summed E-state index contributed by atoms with van der Waals surface area (Å²) in [6.45, 7) is 6.85. The molecule has 0 heterocycles. The molecule has 1 unspecified atom stereocenters. The van der Waals surface area contributed by atoms with Gasteiger partial charge in [0, 0.05) is 18.8 Å². The van der Waals surface area contributed by atoms with Gasteiger partial charge in [-0.25, -0.2) is 0 Å². The lowest BCUT2D eigenvalue weighted by atomic mass is 10.2. The predicted molar refractivity (Wildman–Crippen MR) is 82.8 cm³/mol. The van der Waals surface area contributed by atoms with E-state index in [1.54, 1.807) is 11.8 Å². The van der Waals surface area contributed by atoms with Gasteiger partial charge in [-0.1, -0.05) is 25.1 Å². The minimum Gasteiger partial charge on any atom is -0.396 e. The van der Waals surface area contributed by atoms with Crippen LogP contribution < -0.4 is 4.90 Å². The second kappa shape index (κ2) is 8.23. The smallest absolute Gasteiger partial charge is 0.236 e. The summed E-state index contributed by atoms with van der Waals surface area (Å²) in [4.78, 5) is 14.1. The van der Waals surface area contributed by atoms with Crippen LogP contribution in [0.2, 0.25) is 0 Å². The number of aliphatic hydroxyl groups excluding tert-OH is 1. The van der Waals surface area contributed by atoms with E-state index in [4.69, 9.17) is 5.11 Å². The third-order valence-electron chi connectivity index (χ3n) is 2.96. The molecular weight excluding hydrogens is 258 g/mol. The minimum absolute atomic E-state index is 0.131. The summed E-state index contributed by atoms with van der Waals surface area (Å²) >= 11 is 1.59. The number of rotatable bonds is 7. The molecule has 0 radical (unpaired) electrons. The molecule has 3 nitrogen and oxygen atoms in total. The lowest BCUT2D eigenvalue weighted by Crippen LogP contribution is -2.32. The van der Waals surface area contributed by atoms with Crippen molar-refractivity contribution in [3.8, 4) is 0 Å². The van der Waals surface area contributed by atoms with Gasteiger partial charge in [0.25, 0.3) is 0 Å². The van der Waals surface area contributed by atoms with E-state index in [0.29, 0.717) is 12.3 Å². The molecule has 1 aromatic rings. The maximum absolute atomic E-state index is 12.2. The van der Waals surface area contributed by atoms with Gasteiger partial charge in [-0.15, -0.1) is 0 Å². The van der Waals surface area contributed by atoms with Crippen molar-refractivity contribution < 1.29 is 9.90 Å². The van der Waals surface area contributed by atoms with E-state index in [1.165, 1.54) is 0 Å². The number of aliphatic hydroxyl groups is 1. The van der Waals surface area contributed by atoms with Gasteiger partial charge >= 0.3 is 0 Å². The SMILES string of the molecule is CCN(C(=O)CSCC(C)CO)c1ccccc1C. The number of thioether (sulfide) groups is 1. The first-order chi connectivity index (χ1) is 9.10. The highest BCUT2D eigenvalue weighted by atomic mass is 32.2. The molecule has 4 heteroatoms. The number of hydrogen-bond donors (Lipinski definition) is 1. The topological polar surface area (TPSA) is 40.5 Å². The number of nitrogens with zero attached hydrogens (tertiary/aromatic N) is 1. The fourth-order valence-corrected chi connectivity index (χ4v) is 2.78. The molecule has 0 spiro atoms. The molecule has 0 fully saturated rings. The van der Waals surface area contributed by atoms with Crippen LogP contribution in [0.15, 0.2) is 24.3 Å². The van der Waals surface area contributed by atoms with Crippen molar-refractivity contribution in [1.29, 1.82) is 0 Å². The Labute approximate surface area is 120 Å². The third-order valence-corrected chi connectivity index (χ3v) is 4.22. The van der Waals surface area contributed by atoms with Gasteiger partial charge < -0.3 is 10.0 Å². The largest absolute Gasteiger partial charge is 0.396 e. The predicted octanol–water partition coefficient (Wildman–Crippen LogP) is 2.71. The average molecular weight is 281 g/mol. The molecular formula is C15H23NO2S. The van der Waals surface area contributed by atoms with Gasteiger partial charge in [0.15, 0.2) is 0 Å². The van der Waals surface area contributed by atoms with Crippen molar-refractivity contribution in [2.24, 2.45) is 5.92 Å². The number of aryl methyl sites for hydroxylation is 1. The van der Waals surface area contributed by atoms with E-state index in [0.717, 1.165) is 17.0 Å². The van der Waals surface area contributed by atoms with Gasteiger partial charge in [-0.2, -0.15) is 11.8 Å². The number of carbonyl (C=O) groups is 1. The summed E-state index contributed by atoms with van der Waals surface area (Å²) < 4.78 is 0. The normalized spacial score (nSPS) is 12.2. The molecule has 0 saturated carbocycles. The highest BCUT2D eigenvalue weighted by molar-refractivity contribution is 7.99. The lowest BCUT2D eigenvalue weighted by molar-refractivity contribution is -0.116. The van der Waals surface area contributed by atoms with Crippen LogP contribution >= 0.6 is 11.8 Å². The quantitative estimate of drug-likeness (QED) is 0.835. The number of hydrogen-bond acceptors (Lipinski definition) is 3. The van der Waals surface area contributed by atoms with Crippen molar-refractivity contribution in [1.82, 2.24) is 0 Å². The summed E-state index contributed by atoms with van der Waals surface area (Å²) in [5.74, 6) is 1.65. The van der Waals surface area contributed by atoms with E-state index >= 15 is 0 Å². The van der Waals surface area contributed by atoms with Crippen LogP contribution in [0.5, 0.6) is 0 Å². The molecule has 0 aliphatic heterocycles. The summed E-state index contributed by atoms with van der Waals surface area (Å²) in [5.41, 5.74) is 2.11. The number of para-hydroxylation sites is 1. The molecule has 0 aliphatic carbocycles. The summed E-state index contributed by atoms with van der Waals surface area (Å²) in [5, 5.41) is 8.96. The van der Waals surface area contributed by atoms with Gasteiger partial charge in [0.1, 0.15) is 0 Å². The Morgan fingerprint density at radius 1 is 1.42 bits per heavy atom. The molecule has 1 N–H and O–H groups in total. The molecule has 1 amide bonds. The fraction of sp³-hybridized carbons (Fsp3) is 0.533. The molecule has 1 aromatic carbocycles. The second-order valence-electron chi connectivity index (χ2n) is 4.73. The number of anilines is 1. The number of benzene rings is 1. The Bertz CT molecular complexity index is 409. The van der Waals surface area contributed by atoms with Gasteiger partial charge in [0.05, 0.1) is 5.75 Å². The Morgan fingerprint density at radius 2 is 2.11 bits per heavy atom. The minimum atomic E-state index is 0.131. The molecule has 19 heavy (non-hydrogen) atoms. The van der Waals surface area contributed by atoms with E-state index in [1.807, 2.05) is 49.9 Å². The van der Waals surface area contributed by atoms with Crippen molar-refractivity contribution >= 4 is 23.4 Å². The van der Waals surface area contributed by atoms with Gasteiger partial charge in [-0.3, -0.25) is 4.79 Å². The van der Waals surface area contributed by atoms with E-state index in [9.17, 15) is 4.79 Å². The molecule has 0 aliphatic rings. The zero-order chi connectivity index (χ0) is 14.3. The van der Waals surface area contributed by atoms with E-state index in [2.05, 4.69) is 0 Å². The highest BCUT2D eigenvalue weighted by Crippen LogP contribution is 2.20. The monoisotopic (exact) mass is 281 g/mol. The van der Waals surface area contributed by atoms with Crippen molar-refractivity contribution in [3.63, 3.8) is 0 Å². The van der Waals surface area contributed by atoms with Crippen LogP contribution in [0.3, 0.4) is 0 Å². The van der Waals surface area contributed by atoms with E-state index < -0.39 is 0 Å². The lowest BCUT2D eigenvalue weighted by Gasteiger charge is -2.23. The molecule has 1 atom stereocenters. The number of carbonyl (C=O) groups excluding carboxylic acids is 1. The van der Waals surface area contributed by atoms with Crippen LogP contribution in [0.4, 0.5) is 5.69 Å². The van der Waals surface area contributed by atoms with Crippen LogP contribution in [0, 0.1) is 12.8 Å². The van der Waals surface area contributed by atoms with Crippen molar-refractivity contribution in [2.45, 2.75) is 20.8 Å². The summed E-state index contributed by atoms with van der Waals surface area (Å²) in [6, 6.07) is 7.94. The zero-order valence-electron chi connectivity index (χ0n) is 11.9. The summed E-state index contributed by atoms with van der Waals surface area (Å²) in [7, 11) is 0. The Balaban J connectivity index is 2.60. The van der Waals surface area contributed by atoms with Gasteiger partial charge in [-0.05, 0) is 37.1 Å². The Kier molecular flexibility index (Phi) is 6.95. The van der Waals surface area contributed by atoms with Crippen LogP contribution in [-0.2, 0) is 4.79 Å². The highest BCUT2D eigenvalue weighted by Gasteiger charge is 2.15. The zero-order valence-corrected chi connectivity index (χ0v) is 12.7. The fourth-order valence-electron chi connectivity index (χ4n) is 1.83.